The Labute approximate surface area is 158 Å². The van der Waals surface area contributed by atoms with Gasteiger partial charge >= 0.3 is 11.9 Å². The third kappa shape index (κ3) is 5.45. The Hall–Kier alpha value is -1.10. The van der Waals surface area contributed by atoms with Gasteiger partial charge in [0, 0.05) is 0 Å². The number of carbonyl (C=O) groups is 2. The lowest BCUT2D eigenvalue weighted by atomic mass is 9.72. The van der Waals surface area contributed by atoms with E-state index < -0.39 is 0 Å². The van der Waals surface area contributed by atoms with Crippen LogP contribution in [0.3, 0.4) is 0 Å². The van der Waals surface area contributed by atoms with Gasteiger partial charge in [-0.2, -0.15) is 0 Å². The van der Waals surface area contributed by atoms with E-state index in [-0.39, 0.29) is 29.4 Å². The van der Waals surface area contributed by atoms with E-state index in [0.717, 1.165) is 31.6 Å². The third-order valence-corrected chi connectivity index (χ3v) is 6.29. The summed E-state index contributed by atoms with van der Waals surface area (Å²) in [5, 5.41) is 0. The maximum Gasteiger partial charge on any atom is 0.309 e. The topological polar surface area (TPSA) is 65.1 Å². The van der Waals surface area contributed by atoms with Gasteiger partial charge in [0.15, 0.2) is 0 Å². The normalized spacial score (nSPS) is 33.8. The molecule has 26 heavy (non-hydrogen) atoms. The summed E-state index contributed by atoms with van der Waals surface area (Å²) in [7, 11) is 2.77. The number of esters is 2. The molecule has 1 saturated heterocycles. The Kier molecular flexibility index (Phi) is 7.51. The maximum absolute atomic E-state index is 12.1. The van der Waals surface area contributed by atoms with Crippen LogP contribution in [0.1, 0.15) is 72.1 Å². The van der Waals surface area contributed by atoms with E-state index in [1.54, 1.807) is 0 Å². The van der Waals surface area contributed by atoms with Crippen molar-refractivity contribution in [3.63, 3.8) is 0 Å². The van der Waals surface area contributed by atoms with Crippen molar-refractivity contribution in [2.45, 2.75) is 83.8 Å². The minimum Gasteiger partial charge on any atom is -0.469 e. The van der Waals surface area contributed by atoms with Gasteiger partial charge in [0.05, 0.1) is 37.8 Å². The van der Waals surface area contributed by atoms with Crippen LogP contribution in [0.2, 0.25) is 0 Å². The number of epoxide rings is 1. The highest BCUT2D eigenvalue weighted by molar-refractivity contribution is 5.82. The van der Waals surface area contributed by atoms with Crippen LogP contribution in [0.15, 0.2) is 0 Å². The molecule has 1 aliphatic heterocycles. The van der Waals surface area contributed by atoms with E-state index >= 15 is 0 Å². The molecule has 0 aromatic carbocycles. The standard InChI is InChI=1S/C21H36O5/c1-14(2)7-6-12-21(3)18(26-21)11-9-15-8-10-16(19(22)24-4)17(13-15)20(23)25-5/h14-18H,6-13H2,1-5H3. The first-order valence-electron chi connectivity index (χ1n) is 10.1. The second-order valence-electron chi connectivity index (χ2n) is 8.72. The predicted octanol–water partition coefficient (Wildman–Crippen LogP) is 4.13. The summed E-state index contributed by atoms with van der Waals surface area (Å²) in [6.07, 6.45) is 8.43. The Bertz CT molecular complexity index is 489. The number of carbonyl (C=O) groups excluding carboxylic acids is 2. The Morgan fingerprint density at radius 1 is 1.08 bits per heavy atom. The van der Waals surface area contributed by atoms with Gasteiger partial charge in [-0.3, -0.25) is 9.59 Å². The van der Waals surface area contributed by atoms with E-state index in [1.807, 2.05) is 0 Å². The molecule has 150 valence electrons. The lowest BCUT2D eigenvalue weighted by Crippen LogP contribution is -2.37. The van der Waals surface area contributed by atoms with Gasteiger partial charge in [0.25, 0.3) is 0 Å². The number of methoxy groups -OCH3 is 2. The van der Waals surface area contributed by atoms with E-state index in [2.05, 4.69) is 20.8 Å². The summed E-state index contributed by atoms with van der Waals surface area (Å²) < 4.78 is 15.8. The highest BCUT2D eigenvalue weighted by atomic mass is 16.6. The minimum absolute atomic E-state index is 0.0554. The minimum atomic E-state index is -0.372. The molecule has 0 radical (unpaired) electrons. The van der Waals surface area contributed by atoms with Gasteiger partial charge in [0.1, 0.15) is 0 Å². The summed E-state index contributed by atoms with van der Waals surface area (Å²) in [5.41, 5.74) is 0.0554. The molecule has 2 rings (SSSR count). The van der Waals surface area contributed by atoms with Crippen LogP contribution in [0.5, 0.6) is 0 Å². The molecule has 0 spiro atoms. The highest BCUT2D eigenvalue weighted by Gasteiger charge is 2.51. The summed E-state index contributed by atoms with van der Waals surface area (Å²) in [6.45, 7) is 6.75. The van der Waals surface area contributed by atoms with Crippen LogP contribution < -0.4 is 0 Å². The monoisotopic (exact) mass is 368 g/mol. The molecule has 1 heterocycles. The summed E-state index contributed by atoms with van der Waals surface area (Å²) in [5.74, 6) is -0.112. The molecular formula is C21H36O5. The second-order valence-corrected chi connectivity index (χ2v) is 8.72. The van der Waals surface area contributed by atoms with Crippen LogP contribution in [0.4, 0.5) is 0 Å². The molecule has 1 aliphatic carbocycles. The van der Waals surface area contributed by atoms with E-state index in [4.69, 9.17) is 14.2 Å². The fourth-order valence-electron chi connectivity index (χ4n) is 4.49. The van der Waals surface area contributed by atoms with Gasteiger partial charge in [-0.05, 0) is 57.3 Å². The van der Waals surface area contributed by atoms with Crippen molar-refractivity contribution in [2.24, 2.45) is 23.7 Å². The summed E-state index contributed by atoms with van der Waals surface area (Å²) >= 11 is 0. The number of hydrogen-bond donors (Lipinski definition) is 0. The lowest BCUT2D eigenvalue weighted by Gasteiger charge is -2.32. The van der Waals surface area contributed by atoms with Gasteiger partial charge in [0.2, 0.25) is 0 Å². The molecule has 5 unspecified atom stereocenters. The van der Waals surface area contributed by atoms with Crippen molar-refractivity contribution in [1.82, 2.24) is 0 Å². The van der Waals surface area contributed by atoms with Crippen LogP contribution in [0, 0.1) is 23.7 Å². The van der Waals surface area contributed by atoms with Crippen molar-refractivity contribution >= 4 is 11.9 Å². The van der Waals surface area contributed by atoms with E-state index in [0.29, 0.717) is 24.9 Å². The van der Waals surface area contributed by atoms with Crippen molar-refractivity contribution in [3.05, 3.63) is 0 Å². The van der Waals surface area contributed by atoms with Gasteiger partial charge in [-0.25, -0.2) is 0 Å². The molecule has 0 N–H and O–H groups in total. The molecule has 1 saturated carbocycles. The zero-order chi connectivity index (χ0) is 19.3. The average Bonchev–Trinajstić information content (AvgIpc) is 3.27. The average molecular weight is 369 g/mol. The molecular weight excluding hydrogens is 332 g/mol. The molecule has 2 fully saturated rings. The first-order valence-corrected chi connectivity index (χ1v) is 10.1. The SMILES string of the molecule is COC(=O)C1CCC(CCC2OC2(C)CCCC(C)C)CC1C(=O)OC. The third-order valence-electron chi connectivity index (χ3n) is 6.29. The van der Waals surface area contributed by atoms with Crippen LogP contribution in [-0.2, 0) is 23.8 Å². The number of rotatable bonds is 9. The Morgan fingerprint density at radius 2 is 1.73 bits per heavy atom. The first-order chi connectivity index (χ1) is 12.3. The molecule has 0 amide bonds. The molecule has 5 nitrogen and oxygen atoms in total. The fourth-order valence-corrected chi connectivity index (χ4v) is 4.49. The molecule has 0 bridgehead atoms. The molecule has 0 aromatic heterocycles. The Morgan fingerprint density at radius 3 is 2.35 bits per heavy atom. The van der Waals surface area contributed by atoms with Crippen molar-refractivity contribution < 1.29 is 23.8 Å². The summed E-state index contributed by atoms with van der Waals surface area (Å²) in [4.78, 5) is 24.1. The van der Waals surface area contributed by atoms with Crippen molar-refractivity contribution in [2.75, 3.05) is 14.2 Å². The van der Waals surface area contributed by atoms with Crippen molar-refractivity contribution in [1.29, 1.82) is 0 Å². The van der Waals surface area contributed by atoms with Gasteiger partial charge in [-0.15, -0.1) is 0 Å². The lowest BCUT2D eigenvalue weighted by molar-refractivity contribution is -0.160. The molecule has 2 aliphatic rings. The molecule has 5 heteroatoms. The fraction of sp³-hybridized carbons (Fsp3) is 0.905. The zero-order valence-electron chi connectivity index (χ0n) is 17.1. The Balaban J connectivity index is 1.79. The van der Waals surface area contributed by atoms with Crippen LogP contribution >= 0.6 is 0 Å². The summed E-state index contributed by atoms with van der Waals surface area (Å²) in [6, 6.07) is 0. The maximum atomic E-state index is 12.1. The number of ether oxygens (including phenoxy) is 3. The van der Waals surface area contributed by atoms with Crippen molar-refractivity contribution in [3.8, 4) is 0 Å². The van der Waals surface area contributed by atoms with E-state index in [9.17, 15) is 9.59 Å². The number of hydrogen-bond acceptors (Lipinski definition) is 5. The van der Waals surface area contributed by atoms with Crippen LogP contribution in [0.25, 0.3) is 0 Å². The van der Waals surface area contributed by atoms with Gasteiger partial charge < -0.3 is 14.2 Å². The highest BCUT2D eigenvalue weighted by Crippen LogP contribution is 2.45. The second kappa shape index (κ2) is 9.20. The van der Waals surface area contributed by atoms with Gasteiger partial charge in [-0.1, -0.05) is 26.7 Å². The van der Waals surface area contributed by atoms with E-state index in [1.165, 1.54) is 27.1 Å². The zero-order valence-corrected chi connectivity index (χ0v) is 17.1. The smallest absolute Gasteiger partial charge is 0.309 e. The molecule has 5 atom stereocenters. The van der Waals surface area contributed by atoms with Crippen LogP contribution in [-0.4, -0.2) is 37.9 Å². The molecule has 0 aromatic rings. The first kappa shape index (κ1) is 21.2. The predicted molar refractivity (Wildman–Crippen MR) is 99.6 cm³/mol. The largest absolute Gasteiger partial charge is 0.469 e. The quantitative estimate of drug-likeness (QED) is 0.452.